The standard InChI is InChI=1S/C27H24Cl2FN5O3S.H2O4S/c1-15-2-8-19(13-23(15)39(30,37)38)26(36)33-14-17-5-3-16(4-6-17)7-11-22-24(25(31)35-27(32)34-22)18-9-10-20(28)21(29)12-18;1-5(2,3)4/h2-6,8-10,12-13H,7,11,14H2,1H3,(H,33,36)(H4,31,32,34,35);(H2,1,2,3,4). The lowest BCUT2D eigenvalue weighted by Gasteiger charge is -2.13. The minimum Gasteiger partial charge on any atom is -0.383 e. The molecule has 17 heteroatoms. The molecule has 0 fully saturated rings. The van der Waals surface area contributed by atoms with Crippen LogP contribution < -0.4 is 16.8 Å². The molecule has 0 unspecified atom stereocenters. The summed E-state index contributed by atoms with van der Waals surface area (Å²) in [5, 5.41) is 3.52. The van der Waals surface area contributed by atoms with E-state index in [0.717, 1.165) is 22.8 Å². The van der Waals surface area contributed by atoms with Crippen molar-refractivity contribution in [2.24, 2.45) is 0 Å². The van der Waals surface area contributed by atoms with Crippen molar-refractivity contribution in [3.8, 4) is 11.1 Å². The Morgan fingerprint density at radius 3 is 2.09 bits per heavy atom. The average molecular weight is 687 g/mol. The van der Waals surface area contributed by atoms with Crippen molar-refractivity contribution in [2.75, 3.05) is 11.5 Å². The number of amides is 1. The quantitative estimate of drug-likeness (QED) is 0.127. The number of hydrogen-bond donors (Lipinski definition) is 5. The van der Waals surface area contributed by atoms with Crippen molar-refractivity contribution < 1.29 is 34.6 Å². The van der Waals surface area contributed by atoms with Gasteiger partial charge in [-0.1, -0.05) is 59.6 Å². The summed E-state index contributed by atoms with van der Waals surface area (Å²) in [6.07, 6.45) is 1.15. The number of nitrogens with two attached hydrogens (primary N) is 2. The lowest BCUT2D eigenvalue weighted by atomic mass is 9.99. The SMILES string of the molecule is Cc1ccc(C(=O)NCc2ccc(CCc3nc(N)nc(N)c3-c3ccc(Cl)c(Cl)c3)cc2)cc1S(=O)(=O)F.O=S(=O)(O)O. The van der Waals surface area contributed by atoms with E-state index in [1.54, 1.807) is 18.2 Å². The molecule has 1 amide bonds. The molecule has 0 aliphatic rings. The normalized spacial score (nSPS) is 11.4. The molecule has 0 aliphatic carbocycles. The van der Waals surface area contributed by atoms with Gasteiger partial charge in [0.2, 0.25) is 5.95 Å². The first-order valence-electron chi connectivity index (χ1n) is 12.4. The number of nitrogens with zero attached hydrogens (tertiary/aromatic N) is 2. The number of carbonyl (C=O) groups is 1. The van der Waals surface area contributed by atoms with Crippen LogP contribution in [0, 0.1) is 6.92 Å². The van der Waals surface area contributed by atoms with E-state index < -0.39 is 31.4 Å². The minimum atomic E-state index is -4.93. The molecule has 1 aromatic heterocycles. The fraction of sp³-hybridized carbons (Fsp3) is 0.148. The number of halogens is 3. The Kier molecular flexibility index (Phi) is 11.2. The van der Waals surface area contributed by atoms with Gasteiger partial charge in [0.05, 0.1) is 15.7 Å². The number of rotatable bonds is 8. The molecule has 4 rings (SSSR count). The highest BCUT2D eigenvalue weighted by atomic mass is 35.5. The lowest BCUT2D eigenvalue weighted by Crippen LogP contribution is -2.23. The maximum absolute atomic E-state index is 13.5. The molecule has 0 saturated carbocycles. The summed E-state index contributed by atoms with van der Waals surface area (Å²) in [4.78, 5) is 20.5. The largest absolute Gasteiger partial charge is 0.394 e. The van der Waals surface area contributed by atoms with Gasteiger partial charge in [0.1, 0.15) is 10.7 Å². The van der Waals surface area contributed by atoms with E-state index >= 15 is 0 Å². The smallest absolute Gasteiger partial charge is 0.383 e. The molecule has 0 radical (unpaired) electrons. The topological polar surface area (TPSA) is 216 Å². The highest BCUT2D eigenvalue weighted by Gasteiger charge is 2.18. The van der Waals surface area contributed by atoms with E-state index in [0.29, 0.717) is 34.1 Å². The summed E-state index contributed by atoms with van der Waals surface area (Å²) in [7, 11) is -9.59. The van der Waals surface area contributed by atoms with E-state index in [9.17, 15) is 17.1 Å². The van der Waals surface area contributed by atoms with Crippen LogP contribution in [-0.2, 0) is 40.0 Å². The first kappa shape index (κ1) is 34.6. The molecule has 0 spiro atoms. The van der Waals surface area contributed by atoms with Crippen LogP contribution in [-0.4, -0.2) is 41.8 Å². The van der Waals surface area contributed by atoms with Crippen LogP contribution in [0.4, 0.5) is 15.7 Å². The third kappa shape index (κ3) is 10.1. The summed E-state index contributed by atoms with van der Waals surface area (Å²) < 4.78 is 67.7. The first-order chi connectivity index (χ1) is 20.4. The maximum atomic E-state index is 13.5. The molecule has 0 atom stereocenters. The van der Waals surface area contributed by atoms with E-state index in [-0.39, 0.29) is 29.4 Å². The van der Waals surface area contributed by atoms with Crippen molar-refractivity contribution in [3.05, 3.63) is 98.7 Å². The molecule has 0 aliphatic heterocycles. The second-order valence-corrected chi connectivity index (χ2v) is 12.3. The summed E-state index contributed by atoms with van der Waals surface area (Å²) in [5.74, 6) is -0.202. The zero-order valence-corrected chi connectivity index (χ0v) is 26.0. The molecular formula is C27H26Cl2FN5O7S2. The molecule has 1 heterocycles. The van der Waals surface area contributed by atoms with Gasteiger partial charge >= 0.3 is 20.6 Å². The van der Waals surface area contributed by atoms with Crippen LogP contribution in [0.25, 0.3) is 11.1 Å². The Bertz CT molecular complexity index is 1900. The van der Waals surface area contributed by atoms with Gasteiger partial charge in [-0.15, -0.1) is 3.89 Å². The zero-order valence-electron chi connectivity index (χ0n) is 22.8. The van der Waals surface area contributed by atoms with Crippen molar-refractivity contribution in [2.45, 2.75) is 31.2 Å². The molecule has 234 valence electrons. The van der Waals surface area contributed by atoms with E-state index in [1.807, 2.05) is 24.3 Å². The fourth-order valence-corrected chi connectivity index (χ4v) is 5.09. The van der Waals surface area contributed by atoms with Crippen molar-refractivity contribution in [3.63, 3.8) is 0 Å². The highest BCUT2D eigenvalue weighted by molar-refractivity contribution is 7.86. The molecular weight excluding hydrogens is 660 g/mol. The predicted molar refractivity (Wildman–Crippen MR) is 165 cm³/mol. The van der Waals surface area contributed by atoms with Crippen LogP contribution >= 0.6 is 23.2 Å². The van der Waals surface area contributed by atoms with Gasteiger partial charge in [0, 0.05) is 17.7 Å². The van der Waals surface area contributed by atoms with Gasteiger partial charge in [-0.3, -0.25) is 13.9 Å². The number of benzene rings is 3. The number of nitrogen functional groups attached to an aromatic ring is 2. The van der Waals surface area contributed by atoms with Crippen LogP contribution in [0.15, 0.2) is 65.6 Å². The third-order valence-electron chi connectivity index (χ3n) is 6.08. The molecule has 3 aromatic carbocycles. The Morgan fingerprint density at radius 1 is 0.886 bits per heavy atom. The third-order valence-corrected chi connectivity index (χ3v) is 7.78. The number of hydrogen-bond acceptors (Lipinski definition) is 9. The Labute approximate surface area is 263 Å². The van der Waals surface area contributed by atoms with Crippen molar-refractivity contribution in [1.29, 1.82) is 0 Å². The Hall–Kier alpha value is -3.86. The first-order valence-corrected chi connectivity index (χ1v) is 15.9. The minimum absolute atomic E-state index is 0.0506. The second-order valence-electron chi connectivity index (χ2n) is 9.28. The molecule has 12 nitrogen and oxygen atoms in total. The summed E-state index contributed by atoms with van der Waals surface area (Å²) in [6.45, 7) is 1.66. The highest BCUT2D eigenvalue weighted by Crippen LogP contribution is 2.33. The molecule has 44 heavy (non-hydrogen) atoms. The maximum Gasteiger partial charge on any atom is 0.394 e. The molecule has 0 saturated heterocycles. The summed E-state index contributed by atoms with van der Waals surface area (Å²) in [6, 6.07) is 16.6. The average Bonchev–Trinajstić information content (AvgIpc) is 2.91. The van der Waals surface area contributed by atoms with Gasteiger partial charge in [-0.2, -0.15) is 21.8 Å². The molecule has 7 N–H and O–H groups in total. The Balaban J connectivity index is 0.000000978. The Morgan fingerprint density at radius 2 is 1.50 bits per heavy atom. The van der Waals surface area contributed by atoms with E-state index in [2.05, 4.69) is 15.3 Å². The van der Waals surface area contributed by atoms with Gasteiger partial charge in [0.15, 0.2) is 0 Å². The number of nitrogens with one attached hydrogen (secondary N) is 1. The number of aromatic nitrogens is 2. The monoisotopic (exact) mass is 685 g/mol. The van der Waals surface area contributed by atoms with Gasteiger partial charge in [0.25, 0.3) is 5.91 Å². The van der Waals surface area contributed by atoms with Crippen LogP contribution in [0.2, 0.25) is 10.0 Å². The second kappa shape index (κ2) is 14.3. The summed E-state index contributed by atoms with van der Waals surface area (Å²) >= 11 is 12.2. The zero-order chi connectivity index (χ0) is 32.8. The summed E-state index contributed by atoms with van der Waals surface area (Å²) in [5.41, 5.74) is 16.2. The van der Waals surface area contributed by atoms with Crippen molar-refractivity contribution in [1.82, 2.24) is 15.3 Å². The van der Waals surface area contributed by atoms with Gasteiger partial charge in [-0.25, -0.2) is 4.98 Å². The predicted octanol–water partition coefficient (Wildman–Crippen LogP) is 4.64. The van der Waals surface area contributed by atoms with Crippen LogP contribution in [0.5, 0.6) is 0 Å². The number of carbonyl (C=O) groups excluding carboxylic acids is 1. The lowest BCUT2D eigenvalue weighted by molar-refractivity contribution is 0.0950. The van der Waals surface area contributed by atoms with Crippen LogP contribution in [0.3, 0.4) is 0 Å². The van der Waals surface area contributed by atoms with Crippen LogP contribution in [0.1, 0.15) is 32.7 Å². The number of anilines is 2. The van der Waals surface area contributed by atoms with E-state index in [4.69, 9.17) is 52.2 Å². The van der Waals surface area contributed by atoms with Gasteiger partial charge in [-0.05, 0) is 66.3 Å². The molecule has 4 aromatic rings. The van der Waals surface area contributed by atoms with Crippen molar-refractivity contribution >= 4 is 61.5 Å². The van der Waals surface area contributed by atoms with Gasteiger partial charge < -0.3 is 16.8 Å². The number of aryl methyl sites for hydroxylation is 3. The van der Waals surface area contributed by atoms with E-state index in [1.165, 1.54) is 19.1 Å². The fourth-order valence-electron chi connectivity index (χ4n) is 4.07. The molecule has 0 bridgehead atoms.